The molecule has 0 atom stereocenters. The minimum Gasteiger partial charge on any atom is -0.317 e. The standard InChI is InChI=1S/C13H15NO/c15-14-10-4-8-12-7-3-6-11-5-1-2-9-13(11)12/h1-3,5-7,9,14-15H,4,8,10H2. The number of benzene rings is 2. The normalized spacial score (nSPS) is 10.7. The molecule has 78 valence electrons. The van der Waals surface area contributed by atoms with Gasteiger partial charge in [-0.25, -0.2) is 5.48 Å². The van der Waals surface area contributed by atoms with Crippen molar-refractivity contribution in [2.45, 2.75) is 12.8 Å². The third-order valence-electron chi connectivity index (χ3n) is 2.61. The molecule has 0 heterocycles. The maximum Gasteiger partial charge on any atom is 0.0210 e. The Kier molecular flexibility index (Phi) is 3.33. The number of aryl methyl sites for hydroxylation is 1. The summed E-state index contributed by atoms with van der Waals surface area (Å²) in [7, 11) is 0. The summed E-state index contributed by atoms with van der Waals surface area (Å²) in [5, 5.41) is 11.1. The SMILES string of the molecule is ONCCCc1cccc2ccccc12. The summed E-state index contributed by atoms with van der Waals surface area (Å²) >= 11 is 0. The lowest BCUT2D eigenvalue weighted by molar-refractivity contribution is 0.166. The van der Waals surface area contributed by atoms with Crippen LogP contribution in [0, 0.1) is 0 Å². The lowest BCUT2D eigenvalue weighted by Gasteiger charge is -2.05. The Balaban J connectivity index is 2.26. The van der Waals surface area contributed by atoms with Crippen LogP contribution in [0.25, 0.3) is 10.8 Å². The van der Waals surface area contributed by atoms with Gasteiger partial charge in [0.05, 0.1) is 0 Å². The molecule has 0 aliphatic heterocycles. The van der Waals surface area contributed by atoms with E-state index in [2.05, 4.69) is 47.9 Å². The Hall–Kier alpha value is -1.38. The van der Waals surface area contributed by atoms with E-state index in [0.717, 1.165) is 12.8 Å². The van der Waals surface area contributed by atoms with Gasteiger partial charge in [0.2, 0.25) is 0 Å². The Morgan fingerprint density at radius 1 is 1.00 bits per heavy atom. The zero-order valence-corrected chi connectivity index (χ0v) is 8.61. The van der Waals surface area contributed by atoms with Gasteiger partial charge in [-0.15, -0.1) is 0 Å². The van der Waals surface area contributed by atoms with Crippen LogP contribution in [0.5, 0.6) is 0 Å². The van der Waals surface area contributed by atoms with Crippen LogP contribution in [0.1, 0.15) is 12.0 Å². The molecule has 0 unspecified atom stereocenters. The molecule has 0 aliphatic rings. The smallest absolute Gasteiger partial charge is 0.0210 e. The van der Waals surface area contributed by atoms with Crippen LogP contribution >= 0.6 is 0 Å². The van der Waals surface area contributed by atoms with Crippen molar-refractivity contribution in [1.82, 2.24) is 5.48 Å². The molecule has 0 radical (unpaired) electrons. The first-order chi connectivity index (χ1) is 7.42. The molecule has 2 N–H and O–H groups in total. The summed E-state index contributed by atoms with van der Waals surface area (Å²) in [6, 6.07) is 14.8. The summed E-state index contributed by atoms with van der Waals surface area (Å²) in [5.41, 5.74) is 3.54. The highest BCUT2D eigenvalue weighted by Gasteiger charge is 1.99. The Bertz CT molecular complexity index is 434. The largest absolute Gasteiger partial charge is 0.317 e. The highest BCUT2D eigenvalue weighted by atomic mass is 16.5. The summed E-state index contributed by atoms with van der Waals surface area (Å²) in [6.07, 6.45) is 1.94. The van der Waals surface area contributed by atoms with Crippen molar-refractivity contribution in [3.05, 3.63) is 48.0 Å². The van der Waals surface area contributed by atoms with Gasteiger partial charge in [-0.3, -0.25) is 0 Å². The summed E-state index contributed by atoms with van der Waals surface area (Å²) < 4.78 is 0. The van der Waals surface area contributed by atoms with Crippen LogP contribution < -0.4 is 5.48 Å². The molecule has 2 rings (SSSR count). The first-order valence-electron chi connectivity index (χ1n) is 5.25. The van der Waals surface area contributed by atoms with Crippen LogP contribution in [0.3, 0.4) is 0 Å². The molecule has 2 heteroatoms. The fourth-order valence-electron chi connectivity index (χ4n) is 1.87. The van der Waals surface area contributed by atoms with Gasteiger partial charge >= 0.3 is 0 Å². The maximum atomic E-state index is 8.51. The van der Waals surface area contributed by atoms with E-state index in [9.17, 15) is 0 Å². The summed E-state index contributed by atoms with van der Waals surface area (Å²) in [4.78, 5) is 0. The minimum atomic E-state index is 0.642. The van der Waals surface area contributed by atoms with Crippen molar-refractivity contribution < 1.29 is 5.21 Å². The van der Waals surface area contributed by atoms with E-state index >= 15 is 0 Å². The maximum absolute atomic E-state index is 8.51. The molecule has 0 bridgehead atoms. The Morgan fingerprint density at radius 3 is 2.67 bits per heavy atom. The van der Waals surface area contributed by atoms with Gasteiger partial charge in [-0.1, -0.05) is 42.5 Å². The molecular weight excluding hydrogens is 186 g/mol. The van der Waals surface area contributed by atoms with Crippen LogP contribution in [0.15, 0.2) is 42.5 Å². The number of hydroxylamine groups is 1. The van der Waals surface area contributed by atoms with Gasteiger partial charge in [-0.2, -0.15) is 0 Å². The van der Waals surface area contributed by atoms with Crippen LogP contribution in [0.4, 0.5) is 0 Å². The molecule has 0 saturated heterocycles. The average molecular weight is 201 g/mol. The van der Waals surface area contributed by atoms with E-state index in [1.54, 1.807) is 0 Å². The predicted octanol–water partition coefficient (Wildman–Crippen LogP) is 2.75. The number of nitrogens with one attached hydrogen (secondary N) is 1. The topological polar surface area (TPSA) is 32.3 Å². The number of hydrogen-bond acceptors (Lipinski definition) is 2. The second-order valence-corrected chi connectivity index (χ2v) is 3.65. The van der Waals surface area contributed by atoms with E-state index in [4.69, 9.17) is 5.21 Å². The van der Waals surface area contributed by atoms with Gasteiger partial charge in [0.15, 0.2) is 0 Å². The number of rotatable bonds is 4. The van der Waals surface area contributed by atoms with Crippen molar-refractivity contribution in [3.8, 4) is 0 Å². The molecule has 0 amide bonds. The fourth-order valence-corrected chi connectivity index (χ4v) is 1.87. The summed E-state index contributed by atoms with van der Waals surface area (Å²) in [6.45, 7) is 0.642. The van der Waals surface area contributed by atoms with Gasteiger partial charge in [-0.05, 0) is 29.2 Å². The molecule has 2 aromatic rings. The highest BCUT2D eigenvalue weighted by molar-refractivity contribution is 5.85. The Labute approximate surface area is 89.5 Å². The molecule has 0 aromatic heterocycles. The van der Waals surface area contributed by atoms with Gasteiger partial charge in [0.25, 0.3) is 0 Å². The van der Waals surface area contributed by atoms with Crippen molar-refractivity contribution >= 4 is 10.8 Å². The van der Waals surface area contributed by atoms with Crippen LogP contribution in [-0.4, -0.2) is 11.8 Å². The predicted molar refractivity (Wildman–Crippen MR) is 62.1 cm³/mol. The third-order valence-corrected chi connectivity index (χ3v) is 2.61. The number of fused-ring (bicyclic) bond motifs is 1. The molecule has 0 fully saturated rings. The third kappa shape index (κ3) is 2.35. The molecule has 0 saturated carbocycles. The van der Waals surface area contributed by atoms with Crippen molar-refractivity contribution in [2.24, 2.45) is 0 Å². The quantitative estimate of drug-likeness (QED) is 0.589. The summed E-state index contributed by atoms with van der Waals surface area (Å²) in [5.74, 6) is 0. The number of hydrogen-bond donors (Lipinski definition) is 2. The molecule has 2 aromatic carbocycles. The molecular formula is C13H15NO. The zero-order valence-electron chi connectivity index (χ0n) is 8.61. The zero-order chi connectivity index (χ0) is 10.5. The molecule has 2 nitrogen and oxygen atoms in total. The second-order valence-electron chi connectivity index (χ2n) is 3.65. The van der Waals surface area contributed by atoms with Gasteiger partial charge in [0, 0.05) is 6.54 Å². The van der Waals surface area contributed by atoms with Gasteiger partial charge in [0.1, 0.15) is 0 Å². The molecule has 15 heavy (non-hydrogen) atoms. The monoisotopic (exact) mass is 201 g/mol. The van der Waals surface area contributed by atoms with Crippen molar-refractivity contribution in [3.63, 3.8) is 0 Å². The van der Waals surface area contributed by atoms with Crippen molar-refractivity contribution in [2.75, 3.05) is 6.54 Å². The van der Waals surface area contributed by atoms with E-state index in [-0.39, 0.29) is 0 Å². The fraction of sp³-hybridized carbons (Fsp3) is 0.231. The first-order valence-corrected chi connectivity index (χ1v) is 5.25. The average Bonchev–Trinajstić information content (AvgIpc) is 2.30. The van der Waals surface area contributed by atoms with Crippen LogP contribution in [0.2, 0.25) is 0 Å². The van der Waals surface area contributed by atoms with Crippen LogP contribution in [-0.2, 0) is 6.42 Å². The lowest BCUT2D eigenvalue weighted by Crippen LogP contribution is -2.09. The van der Waals surface area contributed by atoms with Gasteiger partial charge < -0.3 is 5.21 Å². The Morgan fingerprint density at radius 2 is 1.80 bits per heavy atom. The molecule has 0 aliphatic carbocycles. The first kappa shape index (κ1) is 10.1. The van der Waals surface area contributed by atoms with E-state index < -0.39 is 0 Å². The van der Waals surface area contributed by atoms with Crippen molar-refractivity contribution in [1.29, 1.82) is 0 Å². The van der Waals surface area contributed by atoms with E-state index in [1.165, 1.54) is 16.3 Å². The second kappa shape index (κ2) is 4.91. The highest BCUT2D eigenvalue weighted by Crippen LogP contribution is 2.19. The molecule has 0 spiro atoms. The minimum absolute atomic E-state index is 0.642. The lowest BCUT2D eigenvalue weighted by atomic mass is 10.0. The van der Waals surface area contributed by atoms with E-state index in [0.29, 0.717) is 6.54 Å². The van der Waals surface area contributed by atoms with E-state index in [1.807, 2.05) is 0 Å².